The van der Waals surface area contributed by atoms with Crippen LogP contribution in [0.3, 0.4) is 0 Å². The zero-order chi connectivity index (χ0) is 17.0. The topological polar surface area (TPSA) is 65.4 Å². The number of hydrogen-bond donors (Lipinski definition) is 1. The fourth-order valence-corrected chi connectivity index (χ4v) is 2.00. The smallest absolute Gasteiger partial charge is 0.387 e. The molecular formula is C14H14ClF2N3O3. The summed E-state index contributed by atoms with van der Waals surface area (Å²) in [6, 6.07) is 4.11. The predicted octanol–water partition coefficient (Wildman–Crippen LogP) is 3.09. The monoisotopic (exact) mass is 345 g/mol. The maximum atomic E-state index is 12.3. The maximum absolute atomic E-state index is 12.3. The minimum Gasteiger partial charge on any atom is -0.493 e. The number of halogens is 3. The molecule has 0 unspecified atom stereocenters. The lowest BCUT2D eigenvalue weighted by atomic mass is 10.2. The van der Waals surface area contributed by atoms with E-state index >= 15 is 0 Å². The highest BCUT2D eigenvalue weighted by Crippen LogP contribution is 2.31. The summed E-state index contributed by atoms with van der Waals surface area (Å²) in [6.45, 7) is -1.25. The second kappa shape index (κ2) is 7.28. The number of nitrogens with one attached hydrogen (secondary N) is 1. The number of aromatic nitrogens is 2. The number of carbonyl (C=O) groups excluding carboxylic acids is 1. The zero-order valence-electron chi connectivity index (χ0n) is 12.3. The van der Waals surface area contributed by atoms with Gasteiger partial charge in [0.1, 0.15) is 6.54 Å². The number of ether oxygens (including phenoxy) is 2. The van der Waals surface area contributed by atoms with Crippen molar-refractivity contribution in [2.75, 3.05) is 12.4 Å². The van der Waals surface area contributed by atoms with Gasteiger partial charge in [0.2, 0.25) is 5.91 Å². The van der Waals surface area contributed by atoms with E-state index in [2.05, 4.69) is 15.2 Å². The number of nitrogens with zero attached hydrogens (tertiary/aromatic N) is 2. The fourth-order valence-electron chi connectivity index (χ4n) is 1.86. The number of hydrogen-bond acceptors (Lipinski definition) is 4. The van der Waals surface area contributed by atoms with E-state index in [1.54, 1.807) is 6.92 Å². The van der Waals surface area contributed by atoms with Crippen LogP contribution in [0.1, 0.15) is 5.69 Å². The van der Waals surface area contributed by atoms with E-state index < -0.39 is 6.61 Å². The molecule has 6 nitrogen and oxygen atoms in total. The third kappa shape index (κ3) is 4.32. The van der Waals surface area contributed by atoms with Crippen LogP contribution in [0.15, 0.2) is 24.4 Å². The van der Waals surface area contributed by atoms with Gasteiger partial charge in [-0.3, -0.25) is 9.48 Å². The third-order valence-electron chi connectivity index (χ3n) is 3.00. The fraction of sp³-hybridized carbons (Fsp3) is 0.286. The van der Waals surface area contributed by atoms with Gasteiger partial charge < -0.3 is 14.8 Å². The number of methoxy groups -OCH3 is 1. The van der Waals surface area contributed by atoms with Crippen molar-refractivity contribution in [3.05, 3.63) is 35.1 Å². The Balaban J connectivity index is 2.07. The molecule has 0 aliphatic carbocycles. The van der Waals surface area contributed by atoms with Crippen LogP contribution in [0.4, 0.5) is 14.5 Å². The van der Waals surface area contributed by atoms with E-state index in [1.807, 2.05) is 0 Å². The number of carbonyl (C=O) groups is 1. The summed E-state index contributed by atoms with van der Waals surface area (Å²) >= 11 is 5.86. The summed E-state index contributed by atoms with van der Waals surface area (Å²) in [5.41, 5.74) is 1.05. The van der Waals surface area contributed by atoms with Crippen LogP contribution in [-0.2, 0) is 11.3 Å². The molecule has 2 aromatic rings. The highest BCUT2D eigenvalue weighted by molar-refractivity contribution is 6.31. The molecule has 1 aromatic carbocycles. The molecule has 0 saturated heterocycles. The van der Waals surface area contributed by atoms with Crippen molar-refractivity contribution in [3.8, 4) is 11.5 Å². The van der Waals surface area contributed by atoms with Crippen molar-refractivity contribution >= 4 is 23.2 Å². The minimum absolute atomic E-state index is 0.0316. The Hall–Kier alpha value is -2.35. The lowest BCUT2D eigenvalue weighted by Gasteiger charge is -2.12. The molecule has 1 N–H and O–H groups in total. The average molecular weight is 346 g/mol. The van der Waals surface area contributed by atoms with Gasteiger partial charge in [0.25, 0.3) is 0 Å². The first kappa shape index (κ1) is 17.0. The van der Waals surface area contributed by atoms with Gasteiger partial charge in [-0.1, -0.05) is 11.6 Å². The van der Waals surface area contributed by atoms with Gasteiger partial charge in [0.15, 0.2) is 11.5 Å². The van der Waals surface area contributed by atoms with Gasteiger partial charge in [0.05, 0.1) is 24.0 Å². The summed E-state index contributed by atoms with van der Waals surface area (Å²) in [5.74, 6) is -0.380. The highest BCUT2D eigenvalue weighted by Gasteiger charge is 2.13. The highest BCUT2D eigenvalue weighted by atomic mass is 35.5. The number of amides is 1. The molecule has 0 fully saturated rings. The van der Waals surface area contributed by atoms with Crippen LogP contribution in [0.25, 0.3) is 0 Å². The Morgan fingerprint density at radius 2 is 2.17 bits per heavy atom. The Labute approximate surface area is 135 Å². The molecule has 0 atom stereocenters. The largest absolute Gasteiger partial charge is 0.493 e. The first-order valence-corrected chi connectivity index (χ1v) is 6.89. The molecule has 23 heavy (non-hydrogen) atoms. The molecule has 0 bridgehead atoms. The summed E-state index contributed by atoms with van der Waals surface area (Å²) in [5, 5.41) is 7.06. The van der Waals surface area contributed by atoms with Gasteiger partial charge in [0, 0.05) is 11.8 Å². The van der Waals surface area contributed by atoms with Gasteiger partial charge in [-0.15, -0.1) is 0 Å². The molecule has 9 heteroatoms. The van der Waals surface area contributed by atoms with E-state index in [-0.39, 0.29) is 24.0 Å². The normalized spacial score (nSPS) is 10.7. The van der Waals surface area contributed by atoms with E-state index in [0.717, 1.165) is 0 Å². The first-order chi connectivity index (χ1) is 10.9. The average Bonchev–Trinajstić information content (AvgIpc) is 2.80. The second-order valence-electron chi connectivity index (χ2n) is 4.53. The summed E-state index contributed by atoms with van der Waals surface area (Å²) in [4.78, 5) is 12.0. The molecule has 0 spiro atoms. The Bertz CT molecular complexity index is 707. The van der Waals surface area contributed by atoms with E-state index in [4.69, 9.17) is 16.3 Å². The van der Waals surface area contributed by atoms with E-state index in [1.165, 1.54) is 36.2 Å². The lowest BCUT2D eigenvalue weighted by Crippen LogP contribution is -2.20. The molecule has 1 amide bonds. The molecule has 0 aliphatic heterocycles. The maximum Gasteiger partial charge on any atom is 0.387 e. The Kier molecular flexibility index (Phi) is 5.38. The van der Waals surface area contributed by atoms with Crippen LogP contribution in [0.5, 0.6) is 11.5 Å². The van der Waals surface area contributed by atoms with Crippen molar-refractivity contribution in [1.82, 2.24) is 9.78 Å². The molecule has 1 aromatic heterocycles. The number of anilines is 1. The summed E-state index contributed by atoms with van der Waals surface area (Å²) < 4.78 is 35.2. The molecule has 1 heterocycles. The molecule has 0 radical (unpaired) electrons. The lowest BCUT2D eigenvalue weighted by molar-refractivity contribution is -0.116. The number of benzene rings is 1. The van der Waals surface area contributed by atoms with E-state index in [0.29, 0.717) is 16.4 Å². The van der Waals surface area contributed by atoms with Gasteiger partial charge in [-0.2, -0.15) is 13.9 Å². The molecular weight excluding hydrogens is 332 g/mol. The molecule has 0 aliphatic rings. The number of rotatable bonds is 6. The van der Waals surface area contributed by atoms with Gasteiger partial charge in [-0.05, 0) is 19.1 Å². The van der Waals surface area contributed by atoms with Crippen molar-refractivity contribution in [2.24, 2.45) is 0 Å². The second-order valence-corrected chi connectivity index (χ2v) is 4.94. The Morgan fingerprint density at radius 1 is 1.43 bits per heavy atom. The van der Waals surface area contributed by atoms with Gasteiger partial charge >= 0.3 is 6.61 Å². The van der Waals surface area contributed by atoms with Crippen LogP contribution in [0, 0.1) is 6.92 Å². The summed E-state index contributed by atoms with van der Waals surface area (Å²) in [6.07, 6.45) is 1.45. The SMILES string of the molecule is COc1cc(NC(=O)Cn2ncc(Cl)c2C)ccc1OC(F)F. The van der Waals surface area contributed by atoms with Crippen LogP contribution in [0.2, 0.25) is 5.02 Å². The molecule has 2 rings (SSSR count). The minimum atomic E-state index is -2.96. The molecule has 0 saturated carbocycles. The number of alkyl halides is 2. The van der Waals surface area contributed by atoms with Crippen molar-refractivity contribution in [3.63, 3.8) is 0 Å². The first-order valence-electron chi connectivity index (χ1n) is 6.51. The van der Waals surface area contributed by atoms with Gasteiger partial charge in [-0.25, -0.2) is 0 Å². The quantitative estimate of drug-likeness (QED) is 0.873. The summed E-state index contributed by atoms with van der Waals surface area (Å²) in [7, 11) is 1.31. The van der Waals surface area contributed by atoms with Crippen molar-refractivity contribution < 1.29 is 23.0 Å². The zero-order valence-corrected chi connectivity index (χ0v) is 13.1. The van der Waals surface area contributed by atoms with Crippen LogP contribution in [-0.4, -0.2) is 29.4 Å². The molecule has 124 valence electrons. The Morgan fingerprint density at radius 3 is 2.74 bits per heavy atom. The van der Waals surface area contributed by atoms with Crippen LogP contribution < -0.4 is 14.8 Å². The predicted molar refractivity (Wildman–Crippen MR) is 80.2 cm³/mol. The standard InChI is InChI=1S/C14H14ClF2N3O3/c1-8-10(15)6-18-20(8)7-13(21)19-9-3-4-11(23-14(16)17)12(5-9)22-2/h3-6,14H,7H2,1-2H3,(H,19,21). The van der Waals surface area contributed by atoms with E-state index in [9.17, 15) is 13.6 Å². The van der Waals surface area contributed by atoms with Crippen LogP contribution >= 0.6 is 11.6 Å². The van der Waals surface area contributed by atoms with Crippen molar-refractivity contribution in [1.29, 1.82) is 0 Å². The third-order valence-corrected chi connectivity index (χ3v) is 3.37. The van der Waals surface area contributed by atoms with Crippen molar-refractivity contribution in [2.45, 2.75) is 20.1 Å².